The van der Waals surface area contributed by atoms with Gasteiger partial charge in [-0.1, -0.05) is 18.2 Å². The van der Waals surface area contributed by atoms with Gasteiger partial charge in [-0.3, -0.25) is 9.69 Å². The minimum Gasteiger partial charge on any atom is -0.490 e. The van der Waals surface area contributed by atoms with Crippen molar-refractivity contribution < 1.29 is 23.0 Å². The second kappa shape index (κ2) is 10.4. The van der Waals surface area contributed by atoms with E-state index >= 15 is 0 Å². The molecule has 2 aromatic rings. The van der Waals surface area contributed by atoms with Gasteiger partial charge in [0, 0.05) is 10.1 Å². The molecule has 1 N–H and O–H groups in total. The van der Waals surface area contributed by atoms with Crippen molar-refractivity contribution in [2.75, 3.05) is 25.5 Å². The zero-order valence-corrected chi connectivity index (χ0v) is 17.2. The molecular weight excluding hydrogens is 469 g/mol. The maximum atomic E-state index is 12.5. The number of halogens is 3. The summed E-state index contributed by atoms with van der Waals surface area (Å²) in [5.41, 5.74) is 1.59. The highest BCUT2D eigenvalue weighted by Gasteiger charge is 2.14. The molecule has 0 heterocycles. The van der Waals surface area contributed by atoms with Crippen LogP contribution in [-0.4, -0.2) is 37.6 Å². The van der Waals surface area contributed by atoms with Crippen molar-refractivity contribution in [1.29, 1.82) is 0 Å². The first-order valence-electron chi connectivity index (χ1n) is 8.32. The quantitative estimate of drug-likeness (QED) is 0.531. The van der Waals surface area contributed by atoms with Crippen LogP contribution in [-0.2, 0) is 11.3 Å². The molecule has 0 unspecified atom stereocenters. The van der Waals surface area contributed by atoms with Gasteiger partial charge in [0.15, 0.2) is 11.5 Å². The van der Waals surface area contributed by atoms with E-state index in [9.17, 15) is 13.6 Å². The van der Waals surface area contributed by atoms with Gasteiger partial charge in [-0.2, -0.15) is 8.78 Å². The smallest absolute Gasteiger partial charge is 0.387 e. The summed E-state index contributed by atoms with van der Waals surface area (Å²) in [4.78, 5) is 14.0. The first-order valence-corrected chi connectivity index (χ1v) is 9.40. The number of likely N-dealkylation sites (N-methyl/N-ethyl adjacent to an activating group) is 1. The van der Waals surface area contributed by atoms with Crippen molar-refractivity contribution in [2.24, 2.45) is 0 Å². The Hall–Kier alpha value is -1.94. The molecule has 0 saturated carbocycles. The van der Waals surface area contributed by atoms with Crippen LogP contribution >= 0.6 is 22.6 Å². The monoisotopic (exact) mass is 490 g/mol. The molecule has 0 bridgehead atoms. The molecule has 1 amide bonds. The minimum absolute atomic E-state index is 0.00495. The molecule has 0 aliphatic heterocycles. The molecule has 0 saturated heterocycles. The predicted molar refractivity (Wildman–Crippen MR) is 108 cm³/mol. The number of amides is 1. The number of hydrogen-bond acceptors (Lipinski definition) is 4. The van der Waals surface area contributed by atoms with Crippen LogP contribution in [0.3, 0.4) is 0 Å². The Morgan fingerprint density at radius 2 is 1.96 bits per heavy atom. The first-order chi connectivity index (χ1) is 12.9. The third kappa shape index (κ3) is 6.94. The topological polar surface area (TPSA) is 50.8 Å². The summed E-state index contributed by atoms with van der Waals surface area (Å²) in [6.45, 7) is -0.183. The van der Waals surface area contributed by atoms with Crippen molar-refractivity contribution >= 4 is 34.2 Å². The Morgan fingerprint density at radius 3 is 2.63 bits per heavy atom. The molecule has 0 radical (unpaired) electrons. The van der Waals surface area contributed by atoms with Gasteiger partial charge < -0.3 is 14.8 Å². The van der Waals surface area contributed by atoms with Gasteiger partial charge in [-0.15, -0.1) is 0 Å². The van der Waals surface area contributed by atoms with Crippen molar-refractivity contribution in [3.05, 3.63) is 51.6 Å². The van der Waals surface area contributed by atoms with Crippen molar-refractivity contribution in [2.45, 2.75) is 20.1 Å². The molecule has 2 aromatic carbocycles. The van der Waals surface area contributed by atoms with Crippen LogP contribution in [0, 0.1) is 3.57 Å². The number of ether oxygens (including phenoxy) is 2. The number of anilines is 1. The van der Waals surface area contributed by atoms with Crippen LogP contribution in [0.15, 0.2) is 42.5 Å². The zero-order valence-electron chi connectivity index (χ0n) is 15.0. The summed E-state index contributed by atoms with van der Waals surface area (Å²) in [6, 6.07) is 12.3. The van der Waals surface area contributed by atoms with Gasteiger partial charge in [-0.25, -0.2) is 0 Å². The van der Waals surface area contributed by atoms with Crippen LogP contribution < -0.4 is 14.8 Å². The molecule has 27 heavy (non-hydrogen) atoms. The lowest BCUT2D eigenvalue weighted by Gasteiger charge is -2.18. The molecule has 0 aliphatic rings. The van der Waals surface area contributed by atoms with Crippen molar-refractivity contribution in [3.8, 4) is 11.5 Å². The van der Waals surface area contributed by atoms with E-state index in [4.69, 9.17) is 4.74 Å². The molecule has 2 rings (SSSR count). The molecule has 8 heteroatoms. The van der Waals surface area contributed by atoms with Crippen LogP contribution in [0.2, 0.25) is 0 Å². The highest BCUT2D eigenvalue weighted by Crippen LogP contribution is 2.30. The lowest BCUT2D eigenvalue weighted by Crippen LogP contribution is -2.30. The highest BCUT2D eigenvalue weighted by molar-refractivity contribution is 14.1. The Bertz CT molecular complexity index is 774. The average Bonchev–Trinajstić information content (AvgIpc) is 2.59. The van der Waals surface area contributed by atoms with Gasteiger partial charge >= 0.3 is 6.61 Å². The molecule has 5 nitrogen and oxygen atoms in total. The summed E-state index contributed by atoms with van der Waals surface area (Å²) in [5, 5.41) is 2.87. The fraction of sp³-hybridized carbons (Fsp3) is 0.316. The Kier molecular flexibility index (Phi) is 8.23. The maximum absolute atomic E-state index is 12.5. The Balaban J connectivity index is 1.98. The Labute approximate surface area is 170 Å². The van der Waals surface area contributed by atoms with Crippen LogP contribution in [0.25, 0.3) is 0 Å². The van der Waals surface area contributed by atoms with E-state index in [1.807, 2.05) is 29.2 Å². The number of para-hydroxylation sites is 1. The lowest BCUT2D eigenvalue weighted by molar-refractivity contribution is -0.117. The number of alkyl halides is 2. The third-order valence-corrected chi connectivity index (χ3v) is 4.48. The van der Waals surface area contributed by atoms with E-state index in [-0.39, 0.29) is 24.0 Å². The van der Waals surface area contributed by atoms with E-state index in [1.165, 1.54) is 6.07 Å². The van der Waals surface area contributed by atoms with E-state index in [0.29, 0.717) is 13.2 Å². The molecular formula is C19H21F2IN2O3. The molecule has 0 aromatic heterocycles. The van der Waals surface area contributed by atoms with Gasteiger partial charge in [0.2, 0.25) is 5.91 Å². The molecule has 146 valence electrons. The Morgan fingerprint density at radius 1 is 1.22 bits per heavy atom. The average molecular weight is 490 g/mol. The molecule has 0 aliphatic carbocycles. The van der Waals surface area contributed by atoms with Crippen molar-refractivity contribution in [3.63, 3.8) is 0 Å². The van der Waals surface area contributed by atoms with Crippen LogP contribution in [0.5, 0.6) is 11.5 Å². The number of nitrogens with one attached hydrogen (secondary N) is 1. The number of carbonyl (C=O) groups is 1. The van der Waals surface area contributed by atoms with E-state index in [2.05, 4.69) is 32.6 Å². The minimum atomic E-state index is -2.91. The SMILES string of the molecule is CCOc1cc(CN(C)CC(=O)Nc2ccccc2I)ccc1OC(F)F. The third-order valence-electron chi connectivity index (χ3n) is 3.54. The van der Waals surface area contributed by atoms with Gasteiger partial charge in [-0.05, 0) is 66.4 Å². The van der Waals surface area contributed by atoms with Gasteiger partial charge in [0.1, 0.15) is 0 Å². The van der Waals surface area contributed by atoms with E-state index in [0.717, 1.165) is 14.8 Å². The largest absolute Gasteiger partial charge is 0.490 e. The summed E-state index contributed by atoms with van der Waals surface area (Å²) >= 11 is 2.16. The zero-order chi connectivity index (χ0) is 19.8. The molecule has 0 fully saturated rings. The number of nitrogens with zero attached hydrogens (tertiary/aromatic N) is 1. The fourth-order valence-corrected chi connectivity index (χ4v) is 3.00. The summed E-state index contributed by atoms with van der Waals surface area (Å²) in [6.07, 6.45) is 0. The highest BCUT2D eigenvalue weighted by atomic mass is 127. The van der Waals surface area contributed by atoms with Crippen LogP contribution in [0.4, 0.5) is 14.5 Å². The lowest BCUT2D eigenvalue weighted by atomic mass is 10.2. The summed E-state index contributed by atoms with van der Waals surface area (Å²) in [5.74, 6) is 0.117. The van der Waals surface area contributed by atoms with E-state index < -0.39 is 6.61 Å². The number of rotatable bonds is 9. The summed E-state index contributed by atoms with van der Waals surface area (Å²) in [7, 11) is 1.81. The standard InChI is InChI=1S/C19H21F2IN2O3/c1-3-26-17-10-13(8-9-16(17)27-19(20)21)11-24(2)12-18(25)23-15-7-5-4-6-14(15)22/h4-10,19H,3,11-12H2,1-2H3,(H,23,25). The number of hydrogen-bond donors (Lipinski definition) is 1. The van der Waals surface area contributed by atoms with Gasteiger partial charge in [0.25, 0.3) is 0 Å². The predicted octanol–water partition coefficient (Wildman–Crippen LogP) is 4.36. The van der Waals surface area contributed by atoms with Crippen molar-refractivity contribution in [1.82, 2.24) is 4.90 Å². The summed E-state index contributed by atoms with van der Waals surface area (Å²) < 4.78 is 35.7. The second-order valence-corrected chi connectivity index (χ2v) is 6.96. The number of benzene rings is 2. The van der Waals surface area contributed by atoms with Crippen LogP contribution in [0.1, 0.15) is 12.5 Å². The van der Waals surface area contributed by atoms with E-state index in [1.54, 1.807) is 26.1 Å². The molecule has 0 spiro atoms. The normalized spacial score (nSPS) is 10.9. The number of carbonyl (C=O) groups excluding carboxylic acids is 1. The maximum Gasteiger partial charge on any atom is 0.387 e. The molecule has 0 atom stereocenters. The van der Waals surface area contributed by atoms with Gasteiger partial charge in [0.05, 0.1) is 18.8 Å². The first kappa shape index (κ1) is 21.4. The fourth-order valence-electron chi connectivity index (χ4n) is 2.48. The second-order valence-electron chi connectivity index (χ2n) is 5.79.